The number of terminal acetylenes is 1. The monoisotopic (exact) mass is 541 g/mol. The Balaban J connectivity index is 1.53. The lowest BCUT2D eigenvalue weighted by atomic mass is 9.98. The zero-order valence-corrected chi connectivity index (χ0v) is 22.2. The Morgan fingerprint density at radius 3 is 2.49 bits per heavy atom. The Morgan fingerprint density at radius 2 is 1.86 bits per heavy atom. The molecule has 0 bridgehead atoms. The summed E-state index contributed by atoms with van der Waals surface area (Å²) in [5.74, 6) is 2.02. The number of nitrogens with zero attached hydrogens (tertiary/aromatic N) is 3. The lowest BCUT2D eigenvalue weighted by Gasteiger charge is -2.29. The minimum atomic E-state index is -3.67. The topological polar surface area (TPSA) is 107 Å². The fourth-order valence-electron chi connectivity index (χ4n) is 4.17. The second kappa shape index (κ2) is 11.3. The number of sulfonamides is 1. The van der Waals surface area contributed by atoms with E-state index >= 15 is 0 Å². The number of esters is 1. The van der Waals surface area contributed by atoms with Crippen molar-refractivity contribution in [3.05, 3.63) is 52.8 Å². The minimum Gasteiger partial charge on any atom is -0.497 e. The van der Waals surface area contributed by atoms with Gasteiger partial charge in [0.2, 0.25) is 10.0 Å². The van der Waals surface area contributed by atoms with Gasteiger partial charge in [-0.1, -0.05) is 17.3 Å². The SMILES string of the molecule is C#CCn1c(=NC(=O)C2CCN(S(=O)(=O)c3ccc(OC)cc3)CC2)sc2cc(C(=O)OCC)ccc21. The van der Waals surface area contributed by atoms with Gasteiger partial charge in [0.25, 0.3) is 5.91 Å². The molecule has 2 heterocycles. The first-order valence-electron chi connectivity index (χ1n) is 11.7. The number of carbonyl (C=O) groups is 2. The summed E-state index contributed by atoms with van der Waals surface area (Å²) in [6, 6.07) is 11.4. The smallest absolute Gasteiger partial charge is 0.338 e. The van der Waals surface area contributed by atoms with Crippen molar-refractivity contribution < 1.29 is 27.5 Å². The highest BCUT2D eigenvalue weighted by Gasteiger charge is 2.32. The van der Waals surface area contributed by atoms with Crippen LogP contribution in [0.2, 0.25) is 0 Å². The molecule has 9 nitrogen and oxygen atoms in total. The molecule has 1 saturated heterocycles. The Labute approximate surface area is 219 Å². The minimum absolute atomic E-state index is 0.186. The van der Waals surface area contributed by atoms with Gasteiger partial charge in [-0.15, -0.1) is 6.42 Å². The molecule has 2 aromatic carbocycles. The average molecular weight is 542 g/mol. The number of piperidine rings is 1. The number of aromatic nitrogens is 1. The van der Waals surface area contributed by atoms with Crippen molar-refractivity contribution in [3.63, 3.8) is 0 Å². The predicted octanol–water partition coefficient (Wildman–Crippen LogP) is 3.05. The number of methoxy groups -OCH3 is 1. The molecule has 0 spiro atoms. The number of benzene rings is 2. The van der Waals surface area contributed by atoms with Gasteiger partial charge < -0.3 is 14.0 Å². The molecule has 0 N–H and O–H groups in total. The lowest BCUT2D eigenvalue weighted by molar-refractivity contribution is -0.122. The number of hydrogen-bond donors (Lipinski definition) is 0. The molecule has 11 heteroatoms. The number of thiazole rings is 1. The average Bonchev–Trinajstić information content (AvgIpc) is 3.25. The predicted molar refractivity (Wildman–Crippen MR) is 140 cm³/mol. The van der Waals surface area contributed by atoms with Crippen molar-refractivity contribution in [1.29, 1.82) is 0 Å². The first-order chi connectivity index (χ1) is 17.8. The number of hydrogen-bond acceptors (Lipinski definition) is 7. The van der Waals surface area contributed by atoms with Gasteiger partial charge in [0.15, 0.2) is 4.80 Å². The van der Waals surface area contributed by atoms with E-state index in [-0.39, 0.29) is 37.0 Å². The van der Waals surface area contributed by atoms with E-state index in [0.29, 0.717) is 29.0 Å². The van der Waals surface area contributed by atoms with Gasteiger partial charge in [0.05, 0.1) is 40.9 Å². The summed E-state index contributed by atoms with van der Waals surface area (Å²) >= 11 is 1.27. The van der Waals surface area contributed by atoms with Crippen LogP contribution in [0.1, 0.15) is 30.1 Å². The van der Waals surface area contributed by atoms with Crippen LogP contribution >= 0.6 is 11.3 Å². The molecule has 0 unspecified atom stereocenters. The van der Waals surface area contributed by atoms with Crippen molar-refractivity contribution >= 4 is 43.5 Å². The van der Waals surface area contributed by atoms with Crippen LogP contribution in [0.4, 0.5) is 0 Å². The van der Waals surface area contributed by atoms with E-state index in [9.17, 15) is 18.0 Å². The summed E-state index contributed by atoms with van der Waals surface area (Å²) in [5, 5.41) is 0. The first kappa shape index (κ1) is 26.6. The molecule has 1 aliphatic heterocycles. The number of rotatable bonds is 7. The van der Waals surface area contributed by atoms with Crippen molar-refractivity contribution in [2.75, 3.05) is 26.8 Å². The van der Waals surface area contributed by atoms with Gasteiger partial charge in [-0.05, 0) is 62.2 Å². The molecule has 1 amide bonds. The molecule has 37 heavy (non-hydrogen) atoms. The largest absolute Gasteiger partial charge is 0.497 e. The van der Waals surface area contributed by atoms with Crippen molar-refractivity contribution in [2.24, 2.45) is 10.9 Å². The molecule has 1 aliphatic rings. The van der Waals surface area contributed by atoms with Crippen molar-refractivity contribution in [1.82, 2.24) is 8.87 Å². The van der Waals surface area contributed by atoms with Crippen molar-refractivity contribution in [3.8, 4) is 18.1 Å². The Morgan fingerprint density at radius 1 is 1.16 bits per heavy atom. The van der Waals surface area contributed by atoms with Crippen LogP contribution in [0.25, 0.3) is 10.2 Å². The van der Waals surface area contributed by atoms with Crippen molar-refractivity contribution in [2.45, 2.75) is 31.2 Å². The Bertz CT molecular complexity index is 1520. The van der Waals surface area contributed by atoms with Crippen LogP contribution in [0.5, 0.6) is 5.75 Å². The highest BCUT2D eigenvalue weighted by atomic mass is 32.2. The molecule has 194 valence electrons. The molecular weight excluding hydrogens is 514 g/mol. The number of amides is 1. The molecular formula is C26H27N3O6S2. The van der Waals surface area contributed by atoms with Gasteiger partial charge >= 0.3 is 5.97 Å². The summed E-state index contributed by atoms with van der Waals surface area (Å²) in [5.41, 5.74) is 1.18. The van der Waals surface area contributed by atoms with Crippen LogP contribution in [-0.4, -0.2) is 56.0 Å². The second-order valence-electron chi connectivity index (χ2n) is 8.38. The highest BCUT2D eigenvalue weighted by molar-refractivity contribution is 7.89. The standard InChI is InChI=1S/C26H27N3O6S2/c1-4-14-29-22-11-6-19(25(31)35-5-2)17-23(22)36-26(29)27-24(30)18-12-15-28(16-13-18)37(32,33)21-9-7-20(34-3)8-10-21/h1,6-11,17-18H,5,12-16H2,2-3H3. The molecule has 0 saturated carbocycles. The fraction of sp³-hybridized carbons (Fsp3) is 0.346. The maximum absolute atomic E-state index is 13.1. The normalized spacial score (nSPS) is 15.4. The van der Waals surface area contributed by atoms with E-state index in [4.69, 9.17) is 15.9 Å². The van der Waals surface area contributed by atoms with Crippen LogP contribution in [0.3, 0.4) is 0 Å². The second-order valence-corrected chi connectivity index (χ2v) is 11.3. The molecule has 0 atom stereocenters. The Hall–Kier alpha value is -3.46. The zero-order chi connectivity index (χ0) is 26.6. The van der Waals surface area contributed by atoms with E-state index in [1.165, 1.54) is 34.9 Å². The van der Waals surface area contributed by atoms with Gasteiger partial charge in [0, 0.05) is 19.0 Å². The summed E-state index contributed by atoms with van der Waals surface area (Å²) in [4.78, 5) is 30.2. The van der Waals surface area contributed by atoms with Crippen LogP contribution in [0.15, 0.2) is 52.4 Å². The summed E-state index contributed by atoms with van der Waals surface area (Å²) < 4.78 is 40.1. The number of ether oxygens (including phenoxy) is 2. The maximum atomic E-state index is 13.1. The van der Waals surface area contributed by atoms with E-state index in [1.54, 1.807) is 41.8 Å². The maximum Gasteiger partial charge on any atom is 0.338 e. The van der Waals surface area contributed by atoms with Crippen LogP contribution in [0, 0.1) is 18.3 Å². The fourth-order valence-corrected chi connectivity index (χ4v) is 6.71. The molecule has 1 aromatic heterocycles. The molecule has 4 rings (SSSR count). The van der Waals surface area contributed by atoms with E-state index in [2.05, 4.69) is 10.9 Å². The third-order valence-corrected chi connectivity index (χ3v) is 9.10. The molecule has 0 aliphatic carbocycles. The first-order valence-corrected chi connectivity index (χ1v) is 14.0. The van der Waals surface area contributed by atoms with Gasteiger partial charge in [-0.3, -0.25) is 4.79 Å². The van der Waals surface area contributed by atoms with Gasteiger partial charge in [-0.25, -0.2) is 13.2 Å². The Kier molecular flexibility index (Phi) is 8.12. The molecule has 1 fully saturated rings. The molecule has 0 radical (unpaired) electrons. The number of fused-ring (bicyclic) bond motifs is 1. The zero-order valence-electron chi connectivity index (χ0n) is 20.5. The lowest BCUT2D eigenvalue weighted by Crippen LogP contribution is -2.40. The van der Waals surface area contributed by atoms with E-state index in [1.807, 2.05) is 0 Å². The van der Waals surface area contributed by atoms with Gasteiger partial charge in [0.1, 0.15) is 5.75 Å². The number of carbonyl (C=O) groups excluding carboxylic acids is 2. The van der Waals surface area contributed by atoms with Gasteiger partial charge in [-0.2, -0.15) is 9.30 Å². The third-order valence-electron chi connectivity index (χ3n) is 6.15. The molecule has 3 aromatic rings. The van der Waals surface area contributed by atoms with Crippen LogP contribution in [-0.2, 0) is 26.1 Å². The highest BCUT2D eigenvalue weighted by Crippen LogP contribution is 2.26. The van der Waals surface area contributed by atoms with E-state index < -0.39 is 21.9 Å². The van der Waals surface area contributed by atoms with E-state index in [0.717, 1.165) is 10.2 Å². The quantitative estimate of drug-likeness (QED) is 0.336. The third kappa shape index (κ3) is 5.61. The summed E-state index contributed by atoms with van der Waals surface area (Å²) in [6.07, 6.45) is 6.29. The summed E-state index contributed by atoms with van der Waals surface area (Å²) in [6.45, 7) is 2.67. The summed E-state index contributed by atoms with van der Waals surface area (Å²) in [7, 11) is -2.15. The van der Waals surface area contributed by atoms with Crippen LogP contribution < -0.4 is 9.54 Å².